The van der Waals surface area contributed by atoms with E-state index in [0.29, 0.717) is 0 Å². The van der Waals surface area contributed by atoms with Crippen molar-refractivity contribution in [1.29, 1.82) is 0 Å². The molecule has 0 aromatic heterocycles. The normalized spacial score (nSPS) is 11.0. The van der Waals surface area contributed by atoms with E-state index in [9.17, 15) is 0 Å². The van der Waals surface area contributed by atoms with Gasteiger partial charge in [0.25, 0.3) is 0 Å². The van der Waals surface area contributed by atoms with Crippen LogP contribution in [-0.2, 0) is 0 Å². The molecule has 0 amide bonds. The van der Waals surface area contributed by atoms with Crippen molar-refractivity contribution in [2.75, 3.05) is 6.54 Å². The Labute approximate surface area is 251 Å². The molecule has 0 rings (SSSR count). The molecule has 0 aliphatic heterocycles. The number of allylic oxidation sites excluding steroid dienone is 4. The Bertz CT molecular complexity index is 410. The Morgan fingerprint density at radius 2 is 0.949 bits per heavy atom. The van der Waals surface area contributed by atoms with Gasteiger partial charge in [-0.3, -0.25) is 0 Å². The molecule has 1 nitrogen and oxygen atoms in total. The molecule has 238 valence electrons. The third kappa shape index (κ3) is 62.5. The van der Waals surface area contributed by atoms with Crippen LogP contribution in [0.5, 0.6) is 0 Å². The van der Waals surface area contributed by atoms with Gasteiger partial charge in [0, 0.05) is 0 Å². The molecule has 0 saturated heterocycles. The maximum absolute atomic E-state index is 5.31. The van der Waals surface area contributed by atoms with E-state index < -0.39 is 0 Å². The zero-order valence-electron chi connectivity index (χ0n) is 29.4. The van der Waals surface area contributed by atoms with Gasteiger partial charge in [-0.1, -0.05) is 207 Å². The second-order valence-electron chi connectivity index (χ2n) is 11.9. The number of hydrogen-bond acceptors (Lipinski definition) is 1. The third-order valence-corrected chi connectivity index (χ3v) is 7.05. The van der Waals surface area contributed by atoms with Gasteiger partial charge in [0.2, 0.25) is 0 Å². The second kappa shape index (κ2) is 47.2. The first-order valence-electron chi connectivity index (χ1n) is 17.9. The Morgan fingerprint density at radius 3 is 1.31 bits per heavy atom. The minimum absolute atomic E-state index is 0.865. The summed E-state index contributed by atoms with van der Waals surface area (Å²) < 4.78 is 0. The summed E-state index contributed by atoms with van der Waals surface area (Å²) in [4.78, 5) is 0. The first kappa shape index (κ1) is 45.4. The van der Waals surface area contributed by atoms with E-state index in [0.717, 1.165) is 12.5 Å². The van der Waals surface area contributed by atoms with Crippen molar-refractivity contribution >= 4 is 0 Å². The minimum atomic E-state index is 0.865. The molecule has 0 fully saturated rings. The van der Waals surface area contributed by atoms with Crippen molar-refractivity contribution < 1.29 is 0 Å². The lowest BCUT2D eigenvalue weighted by Gasteiger charge is -2.07. The molecule has 1 atom stereocenters. The zero-order chi connectivity index (χ0) is 30.2. The monoisotopic (exact) mass is 552 g/mol. The Hall–Kier alpha value is -0.560. The van der Waals surface area contributed by atoms with Crippen molar-refractivity contribution in [3.63, 3.8) is 0 Å². The van der Waals surface area contributed by atoms with E-state index in [4.69, 9.17) is 5.73 Å². The summed E-state index contributed by atoms with van der Waals surface area (Å²) in [5.74, 6) is 0.953. The summed E-state index contributed by atoms with van der Waals surface area (Å²) in [6, 6.07) is 0. The van der Waals surface area contributed by atoms with Crippen molar-refractivity contribution in [3.8, 4) is 0 Å². The highest BCUT2D eigenvalue weighted by Gasteiger charge is 1.98. The molecule has 1 heteroatoms. The van der Waals surface area contributed by atoms with Crippen LogP contribution < -0.4 is 5.73 Å². The van der Waals surface area contributed by atoms with Crippen molar-refractivity contribution in [3.05, 3.63) is 23.8 Å². The van der Waals surface area contributed by atoms with Crippen LogP contribution in [0, 0.1) is 5.92 Å². The van der Waals surface area contributed by atoms with E-state index >= 15 is 0 Å². The van der Waals surface area contributed by atoms with Gasteiger partial charge in [-0.25, -0.2) is 0 Å². The highest BCUT2D eigenvalue weighted by atomic mass is 14.5. The molecular weight excluding hydrogens is 470 g/mol. The number of rotatable bonds is 23. The van der Waals surface area contributed by atoms with E-state index in [1.54, 1.807) is 0 Å². The van der Waals surface area contributed by atoms with Gasteiger partial charge in [-0.15, -0.1) is 0 Å². The van der Waals surface area contributed by atoms with Crippen LogP contribution in [0.15, 0.2) is 23.8 Å². The number of nitrogens with two attached hydrogens (primary N) is 1. The largest absolute Gasteiger partial charge is 0.330 e. The van der Waals surface area contributed by atoms with E-state index in [1.165, 1.54) is 153 Å². The summed E-state index contributed by atoms with van der Waals surface area (Å²) in [6.07, 6.45) is 38.4. The molecule has 0 aliphatic carbocycles. The molecule has 2 N–H and O–H groups in total. The maximum Gasteiger partial charge on any atom is -0.00773 e. The van der Waals surface area contributed by atoms with E-state index in [1.807, 2.05) is 0 Å². The maximum atomic E-state index is 5.31. The van der Waals surface area contributed by atoms with E-state index in [2.05, 4.69) is 80.5 Å². The molecule has 0 aromatic carbocycles. The van der Waals surface area contributed by atoms with Crippen LogP contribution in [0.4, 0.5) is 0 Å². The summed E-state index contributed by atoms with van der Waals surface area (Å²) in [5.41, 5.74) is 6.68. The molecule has 0 aromatic rings. The van der Waals surface area contributed by atoms with Gasteiger partial charge >= 0.3 is 0 Å². The lowest BCUT2D eigenvalue weighted by molar-refractivity contribution is 0.469. The highest BCUT2D eigenvalue weighted by molar-refractivity contribution is 5.07. The topological polar surface area (TPSA) is 26.0 Å². The summed E-state index contributed by atoms with van der Waals surface area (Å²) in [5, 5.41) is 0. The molecule has 1 unspecified atom stereocenters. The SMILES string of the molecule is CCCC/C=C\C=C(C)C.CCCCC.CCCCCCCCCCCCC(C)CC.CCCCCCCN. The lowest BCUT2D eigenvalue weighted by Crippen LogP contribution is -1.97. The first-order chi connectivity index (χ1) is 18.9. The predicted octanol–water partition coefficient (Wildman–Crippen LogP) is 14.2. The van der Waals surface area contributed by atoms with Crippen molar-refractivity contribution in [1.82, 2.24) is 0 Å². The third-order valence-electron chi connectivity index (χ3n) is 7.05. The van der Waals surface area contributed by atoms with Crippen LogP contribution in [-0.4, -0.2) is 6.54 Å². The zero-order valence-corrected chi connectivity index (χ0v) is 29.4. The summed E-state index contributed by atoms with van der Waals surface area (Å²) >= 11 is 0. The molecule has 0 spiro atoms. The Balaban J connectivity index is -0.000000229. The predicted molar refractivity (Wildman–Crippen MR) is 187 cm³/mol. The van der Waals surface area contributed by atoms with Crippen LogP contribution in [0.2, 0.25) is 0 Å². The average Bonchev–Trinajstić information content (AvgIpc) is 2.93. The average molecular weight is 552 g/mol. The minimum Gasteiger partial charge on any atom is -0.330 e. The van der Waals surface area contributed by atoms with Crippen LogP contribution >= 0.6 is 0 Å². The molecule has 39 heavy (non-hydrogen) atoms. The fraction of sp³-hybridized carbons (Fsp3) is 0.895. The molecule has 0 aliphatic rings. The van der Waals surface area contributed by atoms with E-state index in [-0.39, 0.29) is 0 Å². The number of unbranched alkanes of at least 4 members (excludes halogenated alkanes) is 17. The van der Waals surface area contributed by atoms with Gasteiger partial charge in [-0.2, -0.15) is 0 Å². The summed E-state index contributed by atoms with van der Waals surface area (Å²) in [6.45, 7) is 20.9. The van der Waals surface area contributed by atoms with Gasteiger partial charge in [-0.05, 0) is 39.2 Å². The molecule has 0 radical (unpaired) electrons. The van der Waals surface area contributed by atoms with Crippen molar-refractivity contribution in [2.45, 2.75) is 210 Å². The quantitative estimate of drug-likeness (QED) is 0.0991. The summed E-state index contributed by atoms with van der Waals surface area (Å²) in [7, 11) is 0. The first-order valence-corrected chi connectivity index (χ1v) is 17.9. The van der Waals surface area contributed by atoms with Crippen LogP contribution in [0.1, 0.15) is 210 Å². The number of hydrogen-bond donors (Lipinski definition) is 1. The Morgan fingerprint density at radius 1 is 0.538 bits per heavy atom. The smallest absolute Gasteiger partial charge is 0.00773 e. The van der Waals surface area contributed by atoms with Crippen LogP contribution in [0.3, 0.4) is 0 Å². The Kier molecular flexibility index (Phi) is 55.0. The fourth-order valence-corrected chi connectivity index (χ4v) is 3.96. The van der Waals surface area contributed by atoms with Crippen LogP contribution in [0.25, 0.3) is 0 Å². The molecule has 0 heterocycles. The van der Waals surface area contributed by atoms with Gasteiger partial charge in [0.05, 0.1) is 0 Å². The molecule has 0 bridgehead atoms. The van der Waals surface area contributed by atoms with Crippen molar-refractivity contribution in [2.24, 2.45) is 11.7 Å². The standard InChI is InChI=1S/C16H34.C10H18.C7H17N.C5H12/c1-4-6-7-8-9-10-11-12-13-14-15-16(3)5-2;1-4-5-6-7-8-9-10(2)3;1-2-3-4-5-6-7-8;1-3-5-4-2/h16H,4-15H2,1-3H3;7-9H,4-6H2,1-3H3;2-8H2,1H3;3-5H2,1-2H3/b;8-7-;;. The van der Waals surface area contributed by atoms with Gasteiger partial charge < -0.3 is 5.73 Å². The molecular formula is C38H81N. The second-order valence-corrected chi connectivity index (χ2v) is 11.9. The lowest BCUT2D eigenvalue weighted by atomic mass is 9.99. The fourth-order valence-electron chi connectivity index (χ4n) is 3.96. The highest BCUT2D eigenvalue weighted by Crippen LogP contribution is 2.15. The molecule has 0 saturated carbocycles. The van der Waals surface area contributed by atoms with Gasteiger partial charge in [0.1, 0.15) is 0 Å². The van der Waals surface area contributed by atoms with Gasteiger partial charge in [0.15, 0.2) is 0 Å².